The van der Waals surface area contributed by atoms with Crippen molar-refractivity contribution in [3.63, 3.8) is 0 Å². The van der Waals surface area contributed by atoms with Crippen molar-refractivity contribution in [3.05, 3.63) is 35.4 Å². The van der Waals surface area contributed by atoms with E-state index in [0.717, 1.165) is 19.3 Å². The monoisotopic (exact) mass is 357 g/mol. The van der Waals surface area contributed by atoms with Crippen LogP contribution in [0.15, 0.2) is 24.3 Å². The van der Waals surface area contributed by atoms with Crippen molar-refractivity contribution >= 4 is 5.91 Å². The van der Waals surface area contributed by atoms with Crippen molar-refractivity contribution in [2.45, 2.75) is 62.6 Å². The highest BCUT2D eigenvalue weighted by Gasteiger charge is 2.63. The maximum Gasteiger partial charge on any atom is 0.223 e. The van der Waals surface area contributed by atoms with Crippen molar-refractivity contribution in [2.75, 3.05) is 13.1 Å². The number of alkyl halides is 1. The summed E-state index contributed by atoms with van der Waals surface area (Å²) in [6, 6.07) is 8.62. The van der Waals surface area contributed by atoms with Crippen molar-refractivity contribution < 1.29 is 14.3 Å². The van der Waals surface area contributed by atoms with Crippen LogP contribution in [0.2, 0.25) is 0 Å². The van der Waals surface area contributed by atoms with E-state index < -0.39 is 5.67 Å². The first-order valence-corrected chi connectivity index (χ1v) is 10.1. The minimum atomic E-state index is -0.999. The Balaban J connectivity index is 1.53. The fourth-order valence-electron chi connectivity index (χ4n) is 6.75. The molecule has 5 fully saturated rings. The van der Waals surface area contributed by atoms with Crippen LogP contribution in [0.5, 0.6) is 0 Å². The minimum Gasteiger partial charge on any atom is -0.389 e. The number of nitrogens with zero attached hydrogens (tertiary/aromatic N) is 1. The Kier molecular flexibility index (Phi) is 3.57. The summed E-state index contributed by atoms with van der Waals surface area (Å²) in [7, 11) is 0. The number of aliphatic hydroxyl groups is 1. The predicted molar refractivity (Wildman–Crippen MR) is 97.5 cm³/mol. The van der Waals surface area contributed by atoms with Crippen LogP contribution < -0.4 is 0 Å². The molecule has 0 aromatic heterocycles. The second-order valence-corrected chi connectivity index (χ2v) is 9.53. The number of carbonyl (C=O) groups excluding carboxylic acids is 1. The van der Waals surface area contributed by atoms with Gasteiger partial charge in [-0.2, -0.15) is 0 Å². The van der Waals surface area contributed by atoms with Gasteiger partial charge in [0.2, 0.25) is 5.91 Å². The summed E-state index contributed by atoms with van der Waals surface area (Å²) in [5.74, 6) is 1.15. The summed E-state index contributed by atoms with van der Waals surface area (Å²) >= 11 is 0. The van der Waals surface area contributed by atoms with Crippen LogP contribution in [0.3, 0.4) is 0 Å². The minimum absolute atomic E-state index is 0.135. The Bertz CT molecular complexity index is 708. The third-order valence-corrected chi connectivity index (χ3v) is 7.82. The Morgan fingerprint density at radius 2 is 1.77 bits per heavy atom. The van der Waals surface area contributed by atoms with Crippen LogP contribution in [0.25, 0.3) is 0 Å². The van der Waals surface area contributed by atoms with Crippen LogP contribution in [0.1, 0.15) is 49.7 Å². The second kappa shape index (κ2) is 5.54. The van der Waals surface area contributed by atoms with E-state index in [2.05, 4.69) is 31.2 Å². The molecule has 1 aliphatic heterocycles. The molecule has 0 radical (unpaired) electrons. The molecule has 4 heteroatoms. The largest absolute Gasteiger partial charge is 0.389 e. The zero-order valence-electron chi connectivity index (χ0n) is 15.5. The smallest absolute Gasteiger partial charge is 0.223 e. The van der Waals surface area contributed by atoms with Crippen LogP contribution in [0.4, 0.5) is 4.39 Å². The van der Waals surface area contributed by atoms with E-state index in [1.807, 2.05) is 0 Å². The molecule has 1 heterocycles. The fraction of sp³-hybridized carbons (Fsp3) is 0.682. The highest BCUT2D eigenvalue weighted by atomic mass is 19.1. The molecule has 6 rings (SSSR count). The topological polar surface area (TPSA) is 40.5 Å². The summed E-state index contributed by atoms with van der Waals surface area (Å²) in [6.45, 7) is 2.98. The summed E-state index contributed by atoms with van der Waals surface area (Å²) in [5, 5.41) is 9.58. The molecule has 1 saturated heterocycles. The highest BCUT2D eigenvalue weighted by Crippen LogP contribution is 2.66. The van der Waals surface area contributed by atoms with E-state index in [4.69, 9.17) is 0 Å². The van der Waals surface area contributed by atoms with Crippen molar-refractivity contribution in [1.29, 1.82) is 0 Å². The normalized spacial score (nSPS) is 41.3. The van der Waals surface area contributed by atoms with Crippen molar-refractivity contribution in [3.8, 4) is 0 Å². The molecule has 0 spiro atoms. The second-order valence-electron chi connectivity index (χ2n) is 9.53. The molecule has 5 aliphatic rings. The Morgan fingerprint density at radius 1 is 1.15 bits per heavy atom. The predicted octanol–water partition coefficient (Wildman–Crippen LogP) is 3.37. The number of hydrogen-bond acceptors (Lipinski definition) is 2. The zero-order chi connectivity index (χ0) is 18.1. The number of rotatable bonds is 3. The molecule has 1 N–H and O–H groups in total. The van der Waals surface area contributed by atoms with Gasteiger partial charge in [0.25, 0.3) is 0 Å². The SMILES string of the molecule is Cc1ccc([C@]2(CC(=O)N3CC(O)C3)C3CC4CC2C[C@@](F)(C4)C3)cc1. The number of halogens is 1. The Hall–Kier alpha value is -1.42. The molecule has 4 bridgehead atoms. The lowest BCUT2D eigenvalue weighted by Gasteiger charge is -2.63. The van der Waals surface area contributed by atoms with E-state index in [1.54, 1.807) is 4.90 Å². The number of aryl methyl sites for hydroxylation is 1. The average Bonchev–Trinajstić information content (AvgIpc) is 2.54. The summed E-state index contributed by atoms with van der Waals surface area (Å²) in [4.78, 5) is 14.8. The lowest BCUT2D eigenvalue weighted by molar-refractivity contribution is -0.156. The van der Waals surface area contributed by atoms with Crippen LogP contribution in [-0.4, -0.2) is 40.8 Å². The Labute approximate surface area is 154 Å². The molecule has 26 heavy (non-hydrogen) atoms. The number of β-amino-alcohol motifs (C(OH)–C–C–N with tert-alkyl or cyclic N) is 1. The van der Waals surface area contributed by atoms with Gasteiger partial charge < -0.3 is 10.0 Å². The number of carbonyl (C=O) groups is 1. The van der Waals surface area contributed by atoms with E-state index in [-0.39, 0.29) is 29.3 Å². The molecule has 1 aromatic carbocycles. The number of likely N-dealkylation sites (tertiary alicyclic amines) is 1. The first kappa shape index (κ1) is 16.7. The fourth-order valence-corrected chi connectivity index (χ4v) is 6.75. The van der Waals surface area contributed by atoms with Gasteiger partial charge in [-0.15, -0.1) is 0 Å². The number of hydrogen-bond donors (Lipinski definition) is 1. The standard InChI is InChI=1S/C22H28FNO2/c1-14-2-4-16(5-3-14)22(11-20(26)24-12-19(25)13-24)17-6-15-7-18(22)10-21(23,8-15)9-17/h2-5,15,17-19,25H,6-13H2,1H3/t15?,17?,18?,21-,22-. The van der Waals surface area contributed by atoms with Gasteiger partial charge >= 0.3 is 0 Å². The first-order chi connectivity index (χ1) is 12.4. The number of benzene rings is 1. The van der Waals surface area contributed by atoms with Gasteiger partial charge in [-0.3, -0.25) is 4.79 Å². The molecule has 4 saturated carbocycles. The van der Waals surface area contributed by atoms with Crippen molar-refractivity contribution in [1.82, 2.24) is 4.90 Å². The number of aliphatic hydroxyl groups excluding tert-OH is 1. The molecular formula is C22H28FNO2. The maximum atomic E-state index is 15.3. The molecule has 1 amide bonds. The highest BCUT2D eigenvalue weighted by molar-refractivity contribution is 5.79. The van der Waals surface area contributed by atoms with Gasteiger partial charge in [-0.1, -0.05) is 29.8 Å². The molecule has 3 nitrogen and oxygen atoms in total. The van der Waals surface area contributed by atoms with Gasteiger partial charge in [0.1, 0.15) is 5.67 Å². The van der Waals surface area contributed by atoms with E-state index >= 15 is 4.39 Å². The van der Waals surface area contributed by atoms with Gasteiger partial charge in [0, 0.05) is 24.9 Å². The summed E-state index contributed by atoms with van der Waals surface area (Å²) < 4.78 is 15.3. The Morgan fingerprint density at radius 3 is 2.31 bits per heavy atom. The summed E-state index contributed by atoms with van der Waals surface area (Å²) in [5.41, 5.74) is 1.22. The van der Waals surface area contributed by atoms with Gasteiger partial charge in [0.05, 0.1) is 6.10 Å². The first-order valence-electron chi connectivity index (χ1n) is 10.1. The quantitative estimate of drug-likeness (QED) is 0.901. The van der Waals surface area contributed by atoms with Gasteiger partial charge in [-0.05, 0) is 62.3 Å². The molecule has 2 atom stereocenters. The van der Waals surface area contributed by atoms with Gasteiger partial charge in [-0.25, -0.2) is 4.39 Å². The van der Waals surface area contributed by atoms with Crippen molar-refractivity contribution in [2.24, 2.45) is 17.8 Å². The molecule has 4 aliphatic carbocycles. The van der Waals surface area contributed by atoms with E-state index in [1.165, 1.54) is 11.1 Å². The third kappa shape index (κ3) is 2.37. The molecule has 1 aromatic rings. The maximum absolute atomic E-state index is 15.3. The lowest BCUT2D eigenvalue weighted by atomic mass is 9.42. The molecule has 140 valence electrons. The summed E-state index contributed by atoms with van der Waals surface area (Å²) in [6.07, 6.45) is 4.18. The van der Waals surface area contributed by atoms with E-state index in [9.17, 15) is 9.90 Å². The molecular weight excluding hydrogens is 329 g/mol. The zero-order valence-corrected chi connectivity index (χ0v) is 15.5. The van der Waals surface area contributed by atoms with Crippen LogP contribution in [0, 0.1) is 24.7 Å². The number of amides is 1. The van der Waals surface area contributed by atoms with Crippen LogP contribution >= 0.6 is 0 Å². The van der Waals surface area contributed by atoms with Gasteiger partial charge in [0.15, 0.2) is 0 Å². The average molecular weight is 357 g/mol. The molecule has 2 unspecified atom stereocenters. The van der Waals surface area contributed by atoms with Crippen LogP contribution in [-0.2, 0) is 10.2 Å². The van der Waals surface area contributed by atoms with E-state index in [0.29, 0.717) is 38.3 Å². The third-order valence-electron chi connectivity index (χ3n) is 7.82. The lowest BCUT2D eigenvalue weighted by Crippen LogP contribution is -2.63.